The Kier molecular flexibility index (Phi) is 6.11. The minimum Gasteiger partial charge on any atom is -0.591 e. The van der Waals surface area contributed by atoms with Gasteiger partial charge in [-0.2, -0.15) is 0 Å². The van der Waals surface area contributed by atoms with E-state index in [1.165, 1.54) is 0 Å². The molecule has 0 saturated heterocycles. The van der Waals surface area contributed by atoms with Crippen LogP contribution in [0.4, 0.5) is 4.79 Å². The smallest absolute Gasteiger partial charge is 0.407 e. The second kappa shape index (κ2) is 7.01. The number of hydrogen-bond acceptors (Lipinski definition) is 4. The minimum absolute atomic E-state index is 0.0179. The Hall–Kier alpha value is -0.750. The van der Waals surface area contributed by atoms with Crippen LogP contribution in [0.1, 0.15) is 67.2 Å². The number of nitrogens with zero attached hydrogens (tertiary/aromatic N) is 1. The van der Waals surface area contributed by atoms with Gasteiger partial charge in [0.2, 0.25) is 0 Å². The summed E-state index contributed by atoms with van der Waals surface area (Å²) in [5.74, 6) is 0. The molecule has 0 heterocycles. The van der Waals surface area contributed by atoms with Crippen LogP contribution in [-0.2, 0) is 16.1 Å². The Morgan fingerprint density at radius 2 is 1.95 bits per heavy atom. The van der Waals surface area contributed by atoms with Gasteiger partial charge in [0.15, 0.2) is 0 Å². The van der Waals surface area contributed by atoms with E-state index in [9.17, 15) is 9.35 Å². The third-order valence-corrected chi connectivity index (χ3v) is 4.43. The van der Waals surface area contributed by atoms with Crippen LogP contribution >= 0.6 is 0 Å². The molecular formula is C15H28N2O3S. The highest BCUT2D eigenvalue weighted by molar-refractivity contribution is 7.91. The van der Waals surface area contributed by atoms with Crippen molar-refractivity contribution in [2.45, 2.75) is 83.6 Å². The summed E-state index contributed by atoms with van der Waals surface area (Å²) in [6.07, 6.45) is 2.96. The zero-order valence-electron chi connectivity index (χ0n) is 14.0. The first-order valence-corrected chi connectivity index (χ1v) is 8.56. The van der Waals surface area contributed by atoms with Crippen LogP contribution in [0, 0.1) is 0 Å². The summed E-state index contributed by atoms with van der Waals surface area (Å²) in [4.78, 5) is 11.8. The molecule has 1 saturated carbocycles. The van der Waals surface area contributed by atoms with E-state index < -0.39 is 23.1 Å². The second-order valence-corrected chi connectivity index (χ2v) is 9.36. The molecule has 0 aromatic rings. The molecule has 0 bridgehead atoms. The van der Waals surface area contributed by atoms with Gasteiger partial charge < -0.3 is 14.6 Å². The number of carbonyl (C=O) groups excluding carboxylic acids is 1. The number of hydrogen-bond donors (Lipinski definition) is 1. The number of nitrogens with one attached hydrogen (secondary N) is 1. The summed E-state index contributed by atoms with van der Waals surface area (Å²) >= 11 is -1.23. The molecule has 1 rings (SSSR count). The summed E-state index contributed by atoms with van der Waals surface area (Å²) < 4.78 is 21.3. The molecule has 5 nitrogen and oxygen atoms in total. The maximum absolute atomic E-state index is 12.1. The molecule has 6 heteroatoms. The standard InChI is InChI=1S/C15H28N2O3S/c1-14(2,3)20-13(18)16-11-8-7-9-12(10-11)17-21(19)15(4,5)6/h11H,7-10H2,1-6H3,(H,16,18). The van der Waals surface area contributed by atoms with E-state index in [2.05, 4.69) is 9.71 Å². The Balaban J connectivity index is 2.57. The highest BCUT2D eigenvalue weighted by Gasteiger charge is 2.29. The molecule has 1 fully saturated rings. The van der Waals surface area contributed by atoms with Gasteiger partial charge >= 0.3 is 6.09 Å². The van der Waals surface area contributed by atoms with Crippen molar-refractivity contribution in [2.75, 3.05) is 0 Å². The minimum atomic E-state index is -1.23. The van der Waals surface area contributed by atoms with Crippen molar-refractivity contribution in [3.63, 3.8) is 0 Å². The number of amides is 1. The van der Waals surface area contributed by atoms with Crippen LogP contribution in [0.25, 0.3) is 0 Å². The Labute approximate surface area is 131 Å². The zero-order chi connectivity index (χ0) is 16.3. The van der Waals surface area contributed by atoms with E-state index in [1.807, 2.05) is 41.5 Å². The van der Waals surface area contributed by atoms with Gasteiger partial charge in [0, 0.05) is 12.5 Å². The molecule has 0 aliphatic heterocycles. The quantitative estimate of drug-likeness (QED) is 0.794. The maximum Gasteiger partial charge on any atom is 0.407 e. The van der Waals surface area contributed by atoms with Gasteiger partial charge in [-0.15, -0.1) is 0 Å². The molecule has 122 valence electrons. The average molecular weight is 316 g/mol. The first-order valence-electron chi connectivity index (χ1n) is 7.45. The van der Waals surface area contributed by atoms with Crippen molar-refractivity contribution < 1.29 is 14.1 Å². The van der Waals surface area contributed by atoms with Crippen molar-refractivity contribution >= 4 is 23.2 Å². The molecule has 0 radical (unpaired) electrons. The van der Waals surface area contributed by atoms with Crippen LogP contribution in [-0.4, -0.2) is 32.7 Å². The van der Waals surface area contributed by atoms with E-state index in [4.69, 9.17) is 4.74 Å². The van der Waals surface area contributed by atoms with Gasteiger partial charge in [0.05, 0.1) is 5.71 Å². The first kappa shape index (κ1) is 18.3. The van der Waals surface area contributed by atoms with Gasteiger partial charge in [0.25, 0.3) is 0 Å². The number of carbonyl (C=O) groups is 1. The van der Waals surface area contributed by atoms with Gasteiger partial charge in [-0.05, 0) is 60.8 Å². The molecule has 1 amide bonds. The number of rotatable bonds is 2. The lowest BCUT2D eigenvalue weighted by Gasteiger charge is -2.27. The molecule has 1 aliphatic carbocycles. The monoisotopic (exact) mass is 316 g/mol. The normalized spacial score (nSPS) is 23.8. The SMILES string of the molecule is CC(C)(C)OC(=O)NC1CCCC(=N[S+]([O-])C(C)(C)C)C1. The second-order valence-electron chi connectivity index (χ2n) is 7.46. The van der Waals surface area contributed by atoms with Gasteiger partial charge in [-0.1, -0.05) is 4.40 Å². The predicted octanol–water partition coefficient (Wildman–Crippen LogP) is 3.36. The zero-order valence-corrected chi connectivity index (χ0v) is 14.8. The fourth-order valence-electron chi connectivity index (χ4n) is 1.98. The van der Waals surface area contributed by atoms with E-state index in [0.29, 0.717) is 6.42 Å². The molecule has 2 atom stereocenters. The van der Waals surface area contributed by atoms with Crippen molar-refractivity contribution in [1.29, 1.82) is 0 Å². The molecule has 21 heavy (non-hydrogen) atoms. The van der Waals surface area contributed by atoms with E-state index >= 15 is 0 Å². The van der Waals surface area contributed by atoms with Crippen LogP contribution in [0.3, 0.4) is 0 Å². The van der Waals surface area contributed by atoms with Crippen molar-refractivity contribution in [3.05, 3.63) is 0 Å². The number of alkyl carbamates (subject to hydrolysis) is 1. The van der Waals surface area contributed by atoms with Crippen LogP contribution in [0.5, 0.6) is 0 Å². The van der Waals surface area contributed by atoms with E-state index in [0.717, 1.165) is 25.0 Å². The van der Waals surface area contributed by atoms with Crippen molar-refractivity contribution in [3.8, 4) is 0 Å². The Bertz CT molecular complexity index is 397. The summed E-state index contributed by atoms with van der Waals surface area (Å²) in [6, 6.07) is 0.0179. The van der Waals surface area contributed by atoms with Crippen LogP contribution in [0.15, 0.2) is 4.40 Å². The summed E-state index contributed by atoms with van der Waals surface area (Å²) in [6.45, 7) is 11.2. The summed E-state index contributed by atoms with van der Waals surface area (Å²) in [7, 11) is 0. The predicted molar refractivity (Wildman–Crippen MR) is 87.0 cm³/mol. The fraction of sp³-hybridized carbons (Fsp3) is 0.867. The van der Waals surface area contributed by atoms with E-state index in [-0.39, 0.29) is 10.8 Å². The van der Waals surface area contributed by atoms with Gasteiger partial charge in [-0.3, -0.25) is 0 Å². The molecule has 0 spiro atoms. The van der Waals surface area contributed by atoms with Gasteiger partial charge in [0.1, 0.15) is 21.7 Å². The molecule has 0 aromatic heterocycles. The van der Waals surface area contributed by atoms with Crippen LogP contribution in [0.2, 0.25) is 0 Å². The highest BCUT2D eigenvalue weighted by atomic mass is 32.2. The molecular weight excluding hydrogens is 288 g/mol. The van der Waals surface area contributed by atoms with Crippen LogP contribution < -0.4 is 5.32 Å². The lowest BCUT2D eigenvalue weighted by atomic mass is 9.94. The average Bonchev–Trinajstić information content (AvgIpc) is 2.25. The maximum atomic E-state index is 12.1. The molecule has 2 unspecified atom stereocenters. The topological polar surface area (TPSA) is 73.8 Å². The lowest BCUT2D eigenvalue weighted by Crippen LogP contribution is -2.42. The third-order valence-electron chi connectivity index (χ3n) is 2.96. The molecule has 1 N–H and O–H groups in total. The van der Waals surface area contributed by atoms with Crippen molar-refractivity contribution in [2.24, 2.45) is 4.40 Å². The first-order chi connectivity index (χ1) is 9.47. The number of ether oxygens (including phenoxy) is 1. The van der Waals surface area contributed by atoms with Crippen molar-refractivity contribution in [1.82, 2.24) is 5.32 Å². The fourth-order valence-corrected chi connectivity index (χ4v) is 2.65. The summed E-state index contributed by atoms with van der Waals surface area (Å²) in [5, 5.41) is 2.88. The largest absolute Gasteiger partial charge is 0.591 e. The Morgan fingerprint density at radius 1 is 1.33 bits per heavy atom. The molecule has 1 aliphatic rings. The summed E-state index contributed by atoms with van der Waals surface area (Å²) in [5.41, 5.74) is 0.430. The molecule has 0 aromatic carbocycles. The third kappa shape index (κ3) is 7.18. The van der Waals surface area contributed by atoms with E-state index in [1.54, 1.807) is 0 Å². The van der Waals surface area contributed by atoms with Gasteiger partial charge in [-0.25, -0.2) is 4.79 Å². The lowest BCUT2D eigenvalue weighted by molar-refractivity contribution is 0.0501. The Morgan fingerprint density at radius 3 is 2.48 bits per heavy atom. The highest BCUT2D eigenvalue weighted by Crippen LogP contribution is 2.22.